The molecule has 0 amide bonds. The fourth-order valence-electron chi connectivity index (χ4n) is 3.44. The number of ketones is 1. The number of Topliss-reactive ketones (excluding diaryl/α,β-unsaturated/α-hetero) is 1. The molecule has 4 rings (SSSR count). The number of hydrogen-bond acceptors (Lipinski definition) is 8. The van der Waals surface area contributed by atoms with Gasteiger partial charge in [-0.2, -0.15) is 0 Å². The molecule has 9 heteroatoms. The van der Waals surface area contributed by atoms with Gasteiger partial charge in [0.05, 0.1) is 24.7 Å². The molecule has 154 valence electrons. The zero-order valence-corrected chi connectivity index (χ0v) is 18.1. The Bertz CT molecular complexity index is 959. The molecule has 1 N–H and O–H groups in total. The predicted octanol–water partition coefficient (Wildman–Crippen LogP) is 4.16. The third-order valence-corrected chi connectivity index (χ3v) is 7.02. The second kappa shape index (κ2) is 9.15. The molecule has 29 heavy (non-hydrogen) atoms. The third kappa shape index (κ3) is 4.91. The van der Waals surface area contributed by atoms with Crippen LogP contribution in [-0.2, 0) is 11.3 Å². The van der Waals surface area contributed by atoms with Crippen LogP contribution in [0.1, 0.15) is 40.3 Å². The molecule has 0 saturated carbocycles. The first-order chi connectivity index (χ1) is 14.1. The predicted molar refractivity (Wildman–Crippen MR) is 114 cm³/mol. The van der Waals surface area contributed by atoms with Crippen LogP contribution in [0.15, 0.2) is 33.2 Å². The number of nitrogens with zero attached hydrogens (tertiary/aromatic N) is 3. The second-order valence-corrected chi connectivity index (χ2v) is 9.25. The maximum Gasteiger partial charge on any atom is 0.206 e. The first-order valence-corrected chi connectivity index (χ1v) is 11.4. The molecule has 1 aliphatic heterocycles. The Balaban J connectivity index is 1.33. The number of thioether (sulfide) groups is 1. The van der Waals surface area contributed by atoms with Gasteiger partial charge < -0.3 is 19.0 Å². The molecule has 4 heterocycles. The number of hydrogen-bond donors (Lipinski definition) is 1. The minimum absolute atomic E-state index is 0.0952. The Hall–Kier alpha value is -2.10. The Morgan fingerprint density at radius 1 is 1.41 bits per heavy atom. The summed E-state index contributed by atoms with van der Waals surface area (Å²) in [4.78, 5) is 12.8. The summed E-state index contributed by atoms with van der Waals surface area (Å²) in [6.45, 7) is 6.21. The van der Waals surface area contributed by atoms with E-state index in [4.69, 9.17) is 9.15 Å². The van der Waals surface area contributed by atoms with Crippen molar-refractivity contribution in [1.82, 2.24) is 14.8 Å². The number of carbonyl (C=O) groups excluding carboxylic acids is 1. The standard InChI is InChI=1S/C20H24N4O3S2/c1-13-9-17(14(2)24(13)11-16-6-4-8-27-16)18(25)12-28-20-23-22-19(29-20)21-10-15-5-3-7-26-15/h4,6,8-9,15H,3,5,7,10-12H2,1-2H3,(H,21,22)/t15-/m1/s1. The summed E-state index contributed by atoms with van der Waals surface area (Å²) in [6, 6.07) is 5.77. The van der Waals surface area contributed by atoms with Gasteiger partial charge in [-0.15, -0.1) is 10.2 Å². The van der Waals surface area contributed by atoms with Crippen molar-refractivity contribution in [3.63, 3.8) is 0 Å². The third-order valence-electron chi connectivity index (χ3n) is 5.01. The molecule has 0 bridgehead atoms. The van der Waals surface area contributed by atoms with Crippen molar-refractivity contribution in [3.8, 4) is 0 Å². The van der Waals surface area contributed by atoms with Crippen LogP contribution in [0.2, 0.25) is 0 Å². The monoisotopic (exact) mass is 432 g/mol. The second-order valence-electron chi connectivity index (χ2n) is 7.05. The summed E-state index contributed by atoms with van der Waals surface area (Å²) in [5, 5.41) is 12.4. The number of furan rings is 1. The van der Waals surface area contributed by atoms with Gasteiger partial charge in [0.25, 0.3) is 0 Å². The number of aryl methyl sites for hydroxylation is 1. The molecule has 0 unspecified atom stereocenters. The minimum Gasteiger partial charge on any atom is -0.467 e. The van der Waals surface area contributed by atoms with Crippen molar-refractivity contribution in [2.45, 2.75) is 43.7 Å². The molecule has 1 atom stereocenters. The van der Waals surface area contributed by atoms with Crippen LogP contribution >= 0.6 is 23.1 Å². The summed E-state index contributed by atoms with van der Waals surface area (Å²) in [5.41, 5.74) is 2.76. The molecule has 0 aliphatic carbocycles. The summed E-state index contributed by atoms with van der Waals surface area (Å²) in [6.07, 6.45) is 4.12. The van der Waals surface area contributed by atoms with Gasteiger partial charge in [0.15, 0.2) is 10.1 Å². The lowest BCUT2D eigenvalue weighted by Crippen LogP contribution is -2.18. The van der Waals surface area contributed by atoms with Crippen molar-refractivity contribution in [3.05, 3.63) is 47.2 Å². The van der Waals surface area contributed by atoms with Gasteiger partial charge in [-0.1, -0.05) is 23.1 Å². The summed E-state index contributed by atoms with van der Waals surface area (Å²) >= 11 is 2.90. The van der Waals surface area contributed by atoms with Crippen molar-refractivity contribution in [2.24, 2.45) is 0 Å². The lowest BCUT2D eigenvalue weighted by molar-refractivity contribution is 0.102. The fraction of sp³-hybridized carbons (Fsp3) is 0.450. The molecule has 3 aromatic rings. The Morgan fingerprint density at radius 3 is 3.07 bits per heavy atom. The minimum atomic E-state index is 0.0952. The topological polar surface area (TPSA) is 82.2 Å². The van der Waals surface area contributed by atoms with Gasteiger partial charge in [0, 0.05) is 30.1 Å². The van der Waals surface area contributed by atoms with Crippen LogP contribution in [0, 0.1) is 13.8 Å². The lowest BCUT2D eigenvalue weighted by Gasteiger charge is -2.08. The maximum absolute atomic E-state index is 12.8. The fourth-order valence-corrected chi connectivity index (χ4v) is 5.08. The average Bonchev–Trinajstić information content (AvgIpc) is 3.50. The first-order valence-electron chi connectivity index (χ1n) is 9.64. The van der Waals surface area contributed by atoms with Gasteiger partial charge in [0.2, 0.25) is 5.13 Å². The average molecular weight is 433 g/mol. The molecule has 3 aromatic heterocycles. The molecule has 0 spiro atoms. The zero-order chi connectivity index (χ0) is 20.2. The van der Waals surface area contributed by atoms with Gasteiger partial charge >= 0.3 is 0 Å². The van der Waals surface area contributed by atoms with E-state index < -0.39 is 0 Å². The zero-order valence-electron chi connectivity index (χ0n) is 16.5. The van der Waals surface area contributed by atoms with E-state index in [0.717, 1.165) is 58.2 Å². The van der Waals surface area contributed by atoms with Crippen molar-refractivity contribution in [2.75, 3.05) is 24.2 Å². The number of carbonyl (C=O) groups is 1. The highest BCUT2D eigenvalue weighted by Crippen LogP contribution is 2.27. The molecule has 1 fully saturated rings. The van der Waals surface area contributed by atoms with Gasteiger partial charge in [-0.3, -0.25) is 4.79 Å². The van der Waals surface area contributed by atoms with Crippen molar-refractivity contribution >= 4 is 34.0 Å². The highest BCUT2D eigenvalue weighted by atomic mass is 32.2. The Labute approximate surface area is 177 Å². The number of rotatable bonds is 9. The van der Waals surface area contributed by atoms with E-state index in [2.05, 4.69) is 20.1 Å². The molecule has 0 aromatic carbocycles. The van der Waals surface area contributed by atoms with Crippen LogP contribution in [0.5, 0.6) is 0 Å². The van der Waals surface area contributed by atoms with Gasteiger partial charge in [0.1, 0.15) is 5.76 Å². The van der Waals surface area contributed by atoms with Crippen molar-refractivity contribution < 1.29 is 13.9 Å². The quantitative estimate of drug-likeness (QED) is 0.401. The molecular weight excluding hydrogens is 408 g/mol. The molecule has 1 aliphatic rings. The van der Waals surface area contributed by atoms with Crippen LogP contribution in [0.3, 0.4) is 0 Å². The SMILES string of the molecule is Cc1cc(C(=O)CSc2nnc(NC[C@H]3CCCO3)s2)c(C)n1Cc1ccco1. The van der Waals surface area contributed by atoms with E-state index in [1.165, 1.54) is 23.1 Å². The van der Waals surface area contributed by atoms with Gasteiger partial charge in [-0.25, -0.2) is 0 Å². The van der Waals surface area contributed by atoms with E-state index in [9.17, 15) is 4.79 Å². The van der Waals surface area contributed by atoms with E-state index in [1.54, 1.807) is 6.26 Å². The highest BCUT2D eigenvalue weighted by Gasteiger charge is 2.18. The van der Waals surface area contributed by atoms with Gasteiger partial charge in [-0.05, 0) is 44.9 Å². The number of nitrogens with one attached hydrogen (secondary N) is 1. The molecular formula is C20H24N4O3S2. The number of ether oxygens (including phenoxy) is 1. The summed E-state index contributed by atoms with van der Waals surface area (Å²) in [5.74, 6) is 1.31. The van der Waals surface area contributed by atoms with Crippen LogP contribution < -0.4 is 5.32 Å². The van der Waals surface area contributed by atoms with E-state index in [-0.39, 0.29) is 11.9 Å². The Kier molecular flexibility index (Phi) is 6.37. The molecule has 7 nitrogen and oxygen atoms in total. The van der Waals surface area contributed by atoms with Crippen LogP contribution in [0.4, 0.5) is 5.13 Å². The Morgan fingerprint density at radius 2 is 2.31 bits per heavy atom. The highest BCUT2D eigenvalue weighted by molar-refractivity contribution is 8.01. The van der Waals surface area contributed by atoms with E-state index in [0.29, 0.717) is 12.3 Å². The maximum atomic E-state index is 12.8. The molecule has 1 saturated heterocycles. The summed E-state index contributed by atoms with van der Waals surface area (Å²) in [7, 11) is 0. The van der Waals surface area contributed by atoms with Crippen LogP contribution in [-0.4, -0.2) is 45.6 Å². The largest absolute Gasteiger partial charge is 0.467 e. The first kappa shape index (κ1) is 20.2. The van der Waals surface area contributed by atoms with E-state index in [1.807, 2.05) is 32.0 Å². The smallest absolute Gasteiger partial charge is 0.206 e. The number of aromatic nitrogens is 3. The van der Waals surface area contributed by atoms with E-state index >= 15 is 0 Å². The normalized spacial score (nSPS) is 16.4. The van der Waals surface area contributed by atoms with Crippen molar-refractivity contribution in [1.29, 1.82) is 0 Å². The molecule has 0 radical (unpaired) electrons. The lowest BCUT2D eigenvalue weighted by atomic mass is 10.2. The van der Waals surface area contributed by atoms with Crippen LogP contribution in [0.25, 0.3) is 0 Å². The number of anilines is 1. The summed E-state index contributed by atoms with van der Waals surface area (Å²) < 4.78 is 13.9.